The number of hydrogen-bond donors (Lipinski definition) is 6. The van der Waals surface area contributed by atoms with Gasteiger partial charge in [0.2, 0.25) is 0 Å². The molecule has 0 radical (unpaired) electrons. The van der Waals surface area contributed by atoms with Crippen molar-refractivity contribution in [3.05, 3.63) is 11.6 Å². The summed E-state index contributed by atoms with van der Waals surface area (Å²) in [4.78, 5) is 27.8. The van der Waals surface area contributed by atoms with E-state index in [1.54, 1.807) is 0 Å². The van der Waals surface area contributed by atoms with Crippen LogP contribution in [0.4, 0.5) is 0 Å². The summed E-state index contributed by atoms with van der Waals surface area (Å²) in [7, 11) is 0. The first-order valence-electron chi connectivity index (χ1n) is 17.3. The molecule has 0 amide bonds. The second-order valence-electron chi connectivity index (χ2n) is 17.8. The smallest absolute Gasteiger partial charge is 0.186 e. The first-order valence-corrected chi connectivity index (χ1v) is 17.3. The number of carbonyl (C=O) groups is 2. The maximum atomic E-state index is 14.6. The molecule has 46 heavy (non-hydrogen) atoms. The van der Waals surface area contributed by atoms with Crippen LogP contribution in [0.3, 0.4) is 0 Å². The van der Waals surface area contributed by atoms with Gasteiger partial charge in [-0.05, 0) is 72.7 Å². The Morgan fingerprint density at radius 2 is 1.54 bits per heavy atom. The van der Waals surface area contributed by atoms with Crippen molar-refractivity contribution in [1.29, 1.82) is 0 Å². The molecule has 6 rings (SSSR count). The number of aliphatic hydroxyl groups is 6. The first kappa shape index (κ1) is 34.6. The van der Waals surface area contributed by atoms with E-state index in [-0.39, 0.29) is 30.0 Å². The Hall–Kier alpha value is -1.24. The van der Waals surface area contributed by atoms with Gasteiger partial charge in [0.15, 0.2) is 12.1 Å². The summed E-state index contributed by atoms with van der Waals surface area (Å²) >= 11 is 0. The van der Waals surface area contributed by atoms with Crippen LogP contribution in [-0.4, -0.2) is 98.3 Å². The molecule has 15 atom stereocenters. The Morgan fingerprint density at radius 1 is 0.870 bits per heavy atom. The van der Waals surface area contributed by atoms with Crippen LogP contribution in [0.1, 0.15) is 93.4 Å². The molecule has 5 aliphatic carbocycles. The maximum absolute atomic E-state index is 14.6. The van der Waals surface area contributed by atoms with Crippen LogP contribution in [0.25, 0.3) is 0 Å². The molecule has 1 saturated heterocycles. The second kappa shape index (κ2) is 10.9. The molecule has 1 heterocycles. The summed E-state index contributed by atoms with van der Waals surface area (Å²) in [5.41, 5.74) is -2.50. The Bertz CT molecular complexity index is 1300. The van der Waals surface area contributed by atoms with Crippen molar-refractivity contribution in [1.82, 2.24) is 0 Å². The summed E-state index contributed by atoms with van der Waals surface area (Å²) in [5, 5.41) is 64.4. The van der Waals surface area contributed by atoms with Gasteiger partial charge >= 0.3 is 0 Å². The Morgan fingerprint density at radius 3 is 2.20 bits per heavy atom. The standard InChI is InChI=1S/C36H56O10/c1-31(2)13-19-18-12-20(38)29-33(4)10-9-23(39)34(5,17-45-30-28(44)27(43)26(42)21(16-37)46-30)22(33)8-11-35(29,6)36(18,7)25(41)15-32(19,3)14-24(31)40/h12,19,21-23,25-30,37,39,41-44H,8-11,13-17H2,1-7H3/t19-,21+,22+,23-,25-,26+,27-,28+,29+,30+,32+,33-,34+,35+,36-/m0/s1. The van der Waals surface area contributed by atoms with Crippen LogP contribution in [0, 0.1) is 50.2 Å². The van der Waals surface area contributed by atoms with Crippen molar-refractivity contribution in [2.45, 2.75) is 136 Å². The van der Waals surface area contributed by atoms with Gasteiger partial charge in [-0.1, -0.05) is 54.0 Å². The lowest BCUT2D eigenvalue weighted by Crippen LogP contribution is -2.70. The summed E-state index contributed by atoms with van der Waals surface area (Å²) in [6.07, 6.45) is -2.72. The van der Waals surface area contributed by atoms with E-state index in [1.165, 1.54) is 0 Å². The molecular formula is C36H56O10. The third-order valence-corrected chi connectivity index (χ3v) is 14.9. The Labute approximate surface area is 272 Å². The summed E-state index contributed by atoms with van der Waals surface area (Å²) in [5.74, 6) is -0.267. The van der Waals surface area contributed by atoms with Gasteiger partial charge in [-0.15, -0.1) is 0 Å². The van der Waals surface area contributed by atoms with Gasteiger partial charge in [0, 0.05) is 28.6 Å². The van der Waals surface area contributed by atoms with Crippen molar-refractivity contribution in [3.63, 3.8) is 0 Å². The molecule has 0 aromatic carbocycles. The number of fused-ring (bicyclic) bond motifs is 7. The van der Waals surface area contributed by atoms with Crippen molar-refractivity contribution >= 4 is 11.6 Å². The number of carbonyl (C=O) groups excluding carboxylic acids is 2. The largest absolute Gasteiger partial charge is 0.394 e. The topological polar surface area (TPSA) is 174 Å². The van der Waals surface area contributed by atoms with Crippen LogP contribution >= 0.6 is 0 Å². The molecule has 260 valence electrons. The van der Waals surface area contributed by atoms with E-state index in [2.05, 4.69) is 27.7 Å². The molecular weight excluding hydrogens is 592 g/mol. The third kappa shape index (κ3) is 4.50. The van der Waals surface area contributed by atoms with Gasteiger partial charge in [0.05, 0.1) is 25.4 Å². The van der Waals surface area contributed by atoms with Crippen LogP contribution in [0.5, 0.6) is 0 Å². The number of allylic oxidation sites excluding steroid dienone is 1. The predicted molar refractivity (Wildman–Crippen MR) is 167 cm³/mol. The van der Waals surface area contributed by atoms with Gasteiger partial charge in [0.25, 0.3) is 0 Å². The van der Waals surface area contributed by atoms with Crippen LogP contribution in [0.15, 0.2) is 11.6 Å². The first-order chi connectivity index (χ1) is 21.2. The third-order valence-electron chi connectivity index (χ3n) is 14.9. The fraction of sp³-hybridized carbons (Fsp3) is 0.889. The molecule has 6 N–H and O–H groups in total. The highest BCUT2D eigenvalue weighted by molar-refractivity contribution is 5.96. The molecule has 5 fully saturated rings. The van der Waals surface area contributed by atoms with Gasteiger partial charge < -0.3 is 40.1 Å². The van der Waals surface area contributed by atoms with Gasteiger partial charge in [-0.3, -0.25) is 9.59 Å². The van der Waals surface area contributed by atoms with Crippen molar-refractivity contribution in [2.75, 3.05) is 13.2 Å². The van der Waals surface area contributed by atoms with E-state index in [4.69, 9.17) is 9.47 Å². The van der Waals surface area contributed by atoms with Crippen LogP contribution < -0.4 is 0 Å². The predicted octanol–water partition coefficient (Wildman–Crippen LogP) is 2.29. The quantitative estimate of drug-likeness (QED) is 0.266. The molecule has 0 bridgehead atoms. The summed E-state index contributed by atoms with van der Waals surface area (Å²) < 4.78 is 11.7. The molecule has 0 spiro atoms. The van der Waals surface area contributed by atoms with Crippen LogP contribution in [0.2, 0.25) is 0 Å². The average molecular weight is 649 g/mol. The fourth-order valence-corrected chi connectivity index (χ4v) is 11.8. The minimum atomic E-state index is -1.57. The Kier molecular flexibility index (Phi) is 8.19. The van der Waals surface area contributed by atoms with E-state index < -0.39 is 87.9 Å². The monoisotopic (exact) mass is 648 g/mol. The lowest BCUT2D eigenvalue weighted by atomic mass is 9.33. The molecule has 0 aromatic rings. The number of hydrogen-bond acceptors (Lipinski definition) is 10. The van der Waals surface area contributed by atoms with Gasteiger partial charge in [-0.25, -0.2) is 0 Å². The number of aliphatic hydroxyl groups excluding tert-OH is 6. The molecule has 4 saturated carbocycles. The fourth-order valence-electron chi connectivity index (χ4n) is 11.8. The van der Waals surface area contributed by atoms with Crippen molar-refractivity contribution in [2.24, 2.45) is 50.2 Å². The van der Waals surface area contributed by atoms with Crippen molar-refractivity contribution < 1.29 is 49.7 Å². The van der Waals surface area contributed by atoms with E-state index in [0.29, 0.717) is 44.9 Å². The number of rotatable bonds is 4. The van der Waals surface area contributed by atoms with Crippen molar-refractivity contribution in [3.8, 4) is 0 Å². The zero-order valence-corrected chi connectivity index (χ0v) is 28.5. The molecule has 1 aliphatic heterocycles. The van der Waals surface area contributed by atoms with Gasteiger partial charge in [-0.2, -0.15) is 0 Å². The normalized spacial score (nSPS) is 55.0. The zero-order chi connectivity index (χ0) is 34.0. The zero-order valence-electron chi connectivity index (χ0n) is 28.5. The minimum Gasteiger partial charge on any atom is -0.394 e. The molecule has 10 heteroatoms. The number of Topliss-reactive ketones (excluding diaryl/α,β-unsaturated/α-hetero) is 1. The van der Waals surface area contributed by atoms with E-state index in [1.807, 2.05) is 26.8 Å². The highest BCUT2D eigenvalue weighted by Crippen LogP contribution is 2.75. The molecule has 6 aliphatic rings. The lowest BCUT2D eigenvalue weighted by molar-refractivity contribution is -0.315. The Balaban J connectivity index is 1.34. The van der Waals surface area contributed by atoms with Crippen LogP contribution in [-0.2, 0) is 19.1 Å². The number of ether oxygens (including phenoxy) is 2. The highest BCUT2D eigenvalue weighted by Gasteiger charge is 2.73. The van der Waals surface area contributed by atoms with E-state index in [0.717, 1.165) is 5.57 Å². The summed E-state index contributed by atoms with van der Waals surface area (Å²) in [6, 6.07) is 0. The molecule has 10 nitrogen and oxygen atoms in total. The molecule has 0 unspecified atom stereocenters. The van der Waals surface area contributed by atoms with E-state index in [9.17, 15) is 40.2 Å². The second-order valence-corrected chi connectivity index (χ2v) is 17.8. The highest BCUT2D eigenvalue weighted by atomic mass is 16.7. The molecule has 0 aromatic heterocycles. The lowest BCUT2D eigenvalue weighted by Gasteiger charge is -2.71. The average Bonchev–Trinajstić information content (AvgIpc) is 2.97. The SMILES string of the molecule is CC1(C)C[C@H]2C3=CC(=O)[C@@H]4[C@@]5(C)CC[C@H](O)[C@](C)(CO[C@@H]6O[C@H](CO)[C@@H](O)[C@H](O)[C@H]6O)[C@@H]5CC[C@@]4(C)[C@]3(C)[C@@H](O)C[C@@]2(C)CC1=O. The minimum absolute atomic E-state index is 0.0197. The summed E-state index contributed by atoms with van der Waals surface area (Å²) in [6.45, 7) is 13.9. The van der Waals surface area contributed by atoms with Gasteiger partial charge in [0.1, 0.15) is 30.2 Å². The number of ketones is 2. The van der Waals surface area contributed by atoms with E-state index >= 15 is 0 Å². The maximum Gasteiger partial charge on any atom is 0.186 e.